The Morgan fingerprint density at radius 1 is 1.28 bits per heavy atom. The van der Waals surface area contributed by atoms with Gasteiger partial charge in [-0.15, -0.1) is 11.3 Å². The molecule has 1 saturated heterocycles. The number of aliphatic hydroxyl groups is 3. The number of aromatic nitrogens is 4. The molecule has 4 atom stereocenters. The van der Waals surface area contributed by atoms with Gasteiger partial charge in [-0.2, -0.15) is 9.97 Å². The molecule has 12 nitrogen and oxygen atoms in total. The molecule has 6 N–H and O–H groups in total. The van der Waals surface area contributed by atoms with Crippen LogP contribution in [-0.4, -0.2) is 77.9 Å². The van der Waals surface area contributed by atoms with Gasteiger partial charge in [0.2, 0.25) is 5.95 Å². The number of nitrogens with one attached hydrogen (secondary N) is 1. The number of esters is 1. The van der Waals surface area contributed by atoms with Crippen molar-refractivity contribution in [2.45, 2.75) is 70.2 Å². The summed E-state index contributed by atoms with van der Waals surface area (Å²) in [6.45, 7) is 5.67. The number of nitrogens with two attached hydrogens (primary N) is 1. The standard InChI is InChI=1S/C23H32N6O6S/c1-23(2,3)35-15(31)5-4-12-8-13(36-10-12)6-7-25-22-27-19(24)16-20(28-22)29(11-26-16)21-18(33)17(32)14(9-30)34-21/h8,10-11,14,17-18,21,30,32-33H,4-7,9H2,1-3H3,(H3,24,25,27,28)/t14-,17?,18?,21-/m1/s1. The predicted molar refractivity (Wildman–Crippen MR) is 133 cm³/mol. The molecule has 4 heterocycles. The maximum atomic E-state index is 11.9. The zero-order valence-electron chi connectivity index (χ0n) is 20.4. The van der Waals surface area contributed by atoms with Crippen LogP contribution in [0.1, 0.15) is 43.9 Å². The fourth-order valence-electron chi connectivity index (χ4n) is 3.94. The number of aliphatic hydroxyl groups excluding tert-OH is 3. The van der Waals surface area contributed by atoms with Gasteiger partial charge in [0.15, 0.2) is 17.7 Å². The Kier molecular flexibility index (Phi) is 7.76. The Morgan fingerprint density at radius 2 is 2.06 bits per heavy atom. The molecule has 0 bridgehead atoms. The van der Waals surface area contributed by atoms with Crippen molar-refractivity contribution in [1.82, 2.24) is 19.5 Å². The number of anilines is 2. The second kappa shape index (κ2) is 10.6. The molecule has 0 saturated carbocycles. The molecule has 3 aromatic rings. The number of hydrogen-bond donors (Lipinski definition) is 5. The lowest BCUT2D eigenvalue weighted by atomic mass is 10.1. The number of nitrogen functional groups attached to an aromatic ring is 1. The van der Waals surface area contributed by atoms with E-state index < -0.39 is 36.7 Å². The van der Waals surface area contributed by atoms with Gasteiger partial charge in [-0.1, -0.05) is 0 Å². The van der Waals surface area contributed by atoms with Crippen molar-refractivity contribution in [3.05, 3.63) is 28.2 Å². The molecule has 0 amide bonds. The second-order valence-corrected chi connectivity index (χ2v) is 10.7. The van der Waals surface area contributed by atoms with E-state index in [2.05, 4.69) is 26.3 Å². The number of rotatable bonds is 9. The predicted octanol–water partition coefficient (Wildman–Crippen LogP) is 1.01. The Bertz CT molecular complexity index is 1210. The minimum absolute atomic E-state index is 0.161. The fourth-order valence-corrected chi connectivity index (χ4v) is 4.87. The number of hydrogen-bond acceptors (Lipinski definition) is 12. The number of ether oxygens (including phenoxy) is 2. The van der Waals surface area contributed by atoms with E-state index in [-0.39, 0.29) is 17.7 Å². The molecule has 1 aliphatic rings. The molecule has 0 radical (unpaired) electrons. The topological polar surface area (TPSA) is 178 Å². The van der Waals surface area contributed by atoms with E-state index >= 15 is 0 Å². The van der Waals surface area contributed by atoms with Gasteiger partial charge in [0.05, 0.1) is 12.9 Å². The quantitative estimate of drug-likeness (QED) is 0.254. The fraction of sp³-hybridized carbons (Fsp3) is 0.565. The van der Waals surface area contributed by atoms with Crippen LogP contribution in [0.2, 0.25) is 0 Å². The van der Waals surface area contributed by atoms with Crippen molar-refractivity contribution >= 4 is 40.2 Å². The van der Waals surface area contributed by atoms with Gasteiger partial charge < -0.3 is 35.8 Å². The second-order valence-electron chi connectivity index (χ2n) is 9.67. The lowest BCUT2D eigenvalue weighted by molar-refractivity contribution is -0.154. The molecule has 36 heavy (non-hydrogen) atoms. The SMILES string of the molecule is CC(C)(C)OC(=O)CCc1csc(CCNc2nc(N)c3ncn([C@@H]4O[C@H](CO)C(O)C4O)c3n2)c1. The summed E-state index contributed by atoms with van der Waals surface area (Å²) < 4.78 is 12.4. The first-order valence-corrected chi connectivity index (χ1v) is 12.6. The Morgan fingerprint density at radius 3 is 2.75 bits per heavy atom. The summed E-state index contributed by atoms with van der Waals surface area (Å²) in [5, 5.41) is 35.0. The molecule has 0 aliphatic carbocycles. The van der Waals surface area contributed by atoms with E-state index in [1.54, 1.807) is 11.3 Å². The number of nitrogens with zero attached hydrogens (tertiary/aromatic N) is 4. The minimum atomic E-state index is -1.27. The van der Waals surface area contributed by atoms with Gasteiger partial charge in [0.25, 0.3) is 0 Å². The van der Waals surface area contributed by atoms with E-state index in [1.807, 2.05) is 26.2 Å². The van der Waals surface area contributed by atoms with E-state index in [4.69, 9.17) is 15.2 Å². The number of carbonyl (C=O) groups is 1. The maximum Gasteiger partial charge on any atom is 0.306 e. The largest absolute Gasteiger partial charge is 0.460 e. The van der Waals surface area contributed by atoms with E-state index in [9.17, 15) is 20.1 Å². The third-order valence-electron chi connectivity index (χ3n) is 5.64. The van der Waals surface area contributed by atoms with Crippen molar-refractivity contribution < 1.29 is 29.6 Å². The molecule has 0 aromatic carbocycles. The first-order valence-electron chi connectivity index (χ1n) is 11.7. The molecular formula is C23H32N6O6S. The zero-order chi connectivity index (χ0) is 26.0. The highest BCUT2D eigenvalue weighted by Gasteiger charge is 2.44. The van der Waals surface area contributed by atoms with Crippen LogP contribution in [0.5, 0.6) is 0 Å². The van der Waals surface area contributed by atoms with Crippen molar-refractivity contribution in [2.75, 3.05) is 24.2 Å². The third kappa shape index (κ3) is 5.93. The highest BCUT2D eigenvalue weighted by Crippen LogP contribution is 2.32. The smallest absolute Gasteiger partial charge is 0.306 e. The number of imidazole rings is 1. The minimum Gasteiger partial charge on any atom is -0.460 e. The number of carbonyl (C=O) groups excluding carboxylic acids is 1. The summed E-state index contributed by atoms with van der Waals surface area (Å²) in [4.78, 5) is 26.0. The maximum absolute atomic E-state index is 11.9. The summed E-state index contributed by atoms with van der Waals surface area (Å²) in [5.41, 5.74) is 7.35. The lowest BCUT2D eigenvalue weighted by Gasteiger charge is -2.19. The van der Waals surface area contributed by atoms with Crippen LogP contribution in [0.15, 0.2) is 17.8 Å². The molecule has 13 heteroatoms. The molecule has 1 aliphatic heterocycles. The van der Waals surface area contributed by atoms with Gasteiger partial charge in [0.1, 0.15) is 29.4 Å². The van der Waals surface area contributed by atoms with Crippen LogP contribution in [-0.2, 0) is 27.1 Å². The van der Waals surface area contributed by atoms with Gasteiger partial charge in [0, 0.05) is 17.8 Å². The van der Waals surface area contributed by atoms with Gasteiger partial charge in [-0.05, 0) is 50.6 Å². The molecule has 0 spiro atoms. The average Bonchev–Trinajstić information content (AvgIpc) is 3.50. The van der Waals surface area contributed by atoms with Gasteiger partial charge in [-0.25, -0.2) is 4.98 Å². The Balaban J connectivity index is 1.37. The lowest BCUT2D eigenvalue weighted by Crippen LogP contribution is -2.33. The number of fused-ring (bicyclic) bond motifs is 1. The van der Waals surface area contributed by atoms with Crippen molar-refractivity contribution in [2.24, 2.45) is 0 Å². The highest BCUT2D eigenvalue weighted by molar-refractivity contribution is 7.10. The summed E-state index contributed by atoms with van der Waals surface area (Å²) in [7, 11) is 0. The molecule has 2 unspecified atom stereocenters. The van der Waals surface area contributed by atoms with Crippen molar-refractivity contribution in [3.8, 4) is 0 Å². The first kappa shape index (κ1) is 26.2. The highest BCUT2D eigenvalue weighted by atomic mass is 32.1. The monoisotopic (exact) mass is 520 g/mol. The number of thiophene rings is 1. The summed E-state index contributed by atoms with van der Waals surface area (Å²) >= 11 is 1.62. The summed E-state index contributed by atoms with van der Waals surface area (Å²) in [6, 6.07) is 2.08. The van der Waals surface area contributed by atoms with E-state index in [0.717, 1.165) is 10.4 Å². The van der Waals surface area contributed by atoms with E-state index in [0.29, 0.717) is 37.0 Å². The van der Waals surface area contributed by atoms with E-state index in [1.165, 1.54) is 10.9 Å². The molecular weight excluding hydrogens is 488 g/mol. The molecule has 196 valence electrons. The van der Waals surface area contributed by atoms with Gasteiger partial charge >= 0.3 is 5.97 Å². The number of aryl methyl sites for hydroxylation is 1. The third-order valence-corrected chi connectivity index (χ3v) is 6.69. The Labute approximate surface area is 212 Å². The van der Waals surface area contributed by atoms with Gasteiger partial charge in [-0.3, -0.25) is 9.36 Å². The van der Waals surface area contributed by atoms with Crippen LogP contribution in [0, 0.1) is 0 Å². The van der Waals surface area contributed by atoms with Crippen LogP contribution >= 0.6 is 11.3 Å². The van der Waals surface area contributed by atoms with Crippen LogP contribution in [0.4, 0.5) is 11.8 Å². The molecule has 3 aromatic heterocycles. The first-order chi connectivity index (χ1) is 17.1. The molecule has 1 fully saturated rings. The molecule has 4 rings (SSSR count). The van der Waals surface area contributed by atoms with Crippen LogP contribution in [0.25, 0.3) is 11.2 Å². The zero-order valence-corrected chi connectivity index (χ0v) is 21.2. The van der Waals surface area contributed by atoms with Crippen molar-refractivity contribution in [3.63, 3.8) is 0 Å². The summed E-state index contributed by atoms with van der Waals surface area (Å²) in [6.07, 6.45) is -1.32. The average molecular weight is 521 g/mol. The van der Waals surface area contributed by atoms with Crippen LogP contribution < -0.4 is 11.1 Å². The van der Waals surface area contributed by atoms with Crippen LogP contribution in [0.3, 0.4) is 0 Å². The Hall–Kier alpha value is -2.84. The summed E-state index contributed by atoms with van der Waals surface area (Å²) in [5.74, 6) is 0.238. The normalized spacial score (nSPS) is 22.3. The van der Waals surface area contributed by atoms with Crippen molar-refractivity contribution in [1.29, 1.82) is 0 Å².